The van der Waals surface area contributed by atoms with Gasteiger partial charge < -0.3 is 10.2 Å². The molecule has 1 amide bonds. The van der Waals surface area contributed by atoms with Gasteiger partial charge in [0.2, 0.25) is 0 Å². The number of oxime groups is 1. The number of benzene rings is 2. The fourth-order valence-corrected chi connectivity index (χ4v) is 2.38. The highest BCUT2D eigenvalue weighted by Crippen LogP contribution is 2.13. The van der Waals surface area contributed by atoms with E-state index in [1.165, 1.54) is 7.11 Å². The van der Waals surface area contributed by atoms with Crippen LogP contribution in [0.4, 0.5) is 0 Å². The Labute approximate surface area is 141 Å². The summed E-state index contributed by atoms with van der Waals surface area (Å²) in [6, 6.07) is 13.1. The molecule has 0 heterocycles. The normalized spacial score (nSPS) is 11.2. The molecule has 5 heteroatoms. The van der Waals surface area contributed by atoms with Gasteiger partial charge in [-0.2, -0.15) is 0 Å². The minimum absolute atomic E-state index is 0.263. The third-order valence-corrected chi connectivity index (χ3v) is 3.65. The maximum absolute atomic E-state index is 12.5. The summed E-state index contributed by atoms with van der Waals surface area (Å²) >= 11 is 5.85. The zero-order chi connectivity index (χ0) is 16.8. The van der Waals surface area contributed by atoms with Crippen LogP contribution < -0.4 is 5.32 Å². The number of amides is 1. The van der Waals surface area contributed by atoms with Crippen LogP contribution in [0.5, 0.6) is 0 Å². The lowest BCUT2D eigenvalue weighted by Gasteiger charge is -2.10. The fraction of sp³-hybridized carbons (Fsp3) is 0.222. The van der Waals surface area contributed by atoms with Crippen LogP contribution in [0.15, 0.2) is 47.6 Å². The van der Waals surface area contributed by atoms with Crippen molar-refractivity contribution in [2.75, 3.05) is 7.11 Å². The van der Waals surface area contributed by atoms with E-state index in [0.717, 1.165) is 22.3 Å². The van der Waals surface area contributed by atoms with Crippen molar-refractivity contribution in [3.63, 3.8) is 0 Å². The molecule has 2 aromatic carbocycles. The molecular formula is C18H19ClN2O2. The van der Waals surface area contributed by atoms with E-state index in [4.69, 9.17) is 16.4 Å². The number of aryl methyl sites for hydroxylation is 2. The Morgan fingerprint density at radius 2 is 1.87 bits per heavy atom. The highest BCUT2D eigenvalue weighted by atomic mass is 35.5. The molecule has 0 aliphatic heterocycles. The summed E-state index contributed by atoms with van der Waals surface area (Å²) in [5.74, 6) is -0.284. The molecule has 0 saturated carbocycles. The molecule has 0 aliphatic carbocycles. The van der Waals surface area contributed by atoms with E-state index in [0.29, 0.717) is 11.6 Å². The Hall–Kier alpha value is -2.33. The first-order chi connectivity index (χ1) is 11.0. The van der Waals surface area contributed by atoms with Gasteiger partial charge in [0.05, 0.1) is 0 Å². The van der Waals surface area contributed by atoms with Gasteiger partial charge in [-0.15, -0.1) is 0 Å². The molecule has 1 N–H and O–H groups in total. The molecule has 0 aliphatic rings. The number of nitrogens with zero attached hydrogens (tertiary/aromatic N) is 1. The highest BCUT2D eigenvalue weighted by molar-refractivity contribution is 6.45. The van der Waals surface area contributed by atoms with Crippen LogP contribution in [-0.2, 0) is 16.2 Å². The second kappa shape index (κ2) is 7.79. The molecule has 0 fully saturated rings. The standard InChI is InChI=1S/C18H19ClN2O2/c1-12-4-9-16(13(2)10-12)17(21-23-3)18(22)20-11-14-5-7-15(19)8-6-14/h4-10H,11H2,1-3H3,(H,20,22). The van der Waals surface area contributed by atoms with Gasteiger partial charge in [0, 0.05) is 17.1 Å². The zero-order valence-electron chi connectivity index (χ0n) is 13.4. The van der Waals surface area contributed by atoms with Crippen molar-refractivity contribution in [1.82, 2.24) is 5.32 Å². The summed E-state index contributed by atoms with van der Waals surface area (Å²) in [7, 11) is 1.43. The van der Waals surface area contributed by atoms with Crippen LogP contribution in [0.25, 0.3) is 0 Å². The van der Waals surface area contributed by atoms with Gasteiger partial charge in [0.1, 0.15) is 7.11 Å². The van der Waals surface area contributed by atoms with E-state index in [1.54, 1.807) is 12.1 Å². The Kier molecular flexibility index (Phi) is 5.77. The summed E-state index contributed by atoms with van der Waals surface area (Å²) in [5.41, 5.74) is 4.08. The number of nitrogens with one attached hydrogen (secondary N) is 1. The highest BCUT2D eigenvalue weighted by Gasteiger charge is 2.17. The smallest absolute Gasteiger partial charge is 0.274 e. The molecule has 0 unspecified atom stereocenters. The summed E-state index contributed by atoms with van der Waals surface area (Å²) < 4.78 is 0. The van der Waals surface area contributed by atoms with Gasteiger partial charge in [-0.1, -0.05) is 52.7 Å². The summed E-state index contributed by atoms with van der Waals surface area (Å²) in [6.45, 7) is 4.34. The molecular weight excluding hydrogens is 312 g/mol. The van der Waals surface area contributed by atoms with Gasteiger partial charge in [0.25, 0.3) is 5.91 Å². The molecule has 0 aromatic heterocycles. The van der Waals surface area contributed by atoms with Crippen LogP contribution in [0.2, 0.25) is 5.02 Å². The van der Waals surface area contributed by atoms with Crippen molar-refractivity contribution in [3.05, 3.63) is 69.7 Å². The molecule has 0 spiro atoms. The lowest BCUT2D eigenvalue weighted by molar-refractivity contribution is -0.115. The van der Waals surface area contributed by atoms with Crippen LogP contribution in [0.1, 0.15) is 22.3 Å². The molecule has 0 atom stereocenters. The average Bonchev–Trinajstić information content (AvgIpc) is 2.52. The van der Waals surface area contributed by atoms with E-state index in [2.05, 4.69) is 10.5 Å². The largest absolute Gasteiger partial charge is 0.398 e. The maximum atomic E-state index is 12.5. The molecule has 2 aromatic rings. The molecule has 0 bridgehead atoms. The Bertz CT molecular complexity index is 724. The number of rotatable bonds is 5. The molecule has 0 saturated heterocycles. The van der Waals surface area contributed by atoms with Crippen LogP contribution >= 0.6 is 11.6 Å². The predicted octanol–water partition coefficient (Wildman–Crippen LogP) is 3.62. The van der Waals surface area contributed by atoms with Crippen molar-refractivity contribution < 1.29 is 9.63 Å². The van der Waals surface area contributed by atoms with Gasteiger partial charge in [-0.3, -0.25) is 4.79 Å². The van der Waals surface area contributed by atoms with E-state index in [-0.39, 0.29) is 11.6 Å². The van der Waals surface area contributed by atoms with Crippen molar-refractivity contribution in [2.45, 2.75) is 20.4 Å². The minimum atomic E-state index is -0.284. The van der Waals surface area contributed by atoms with Crippen molar-refractivity contribution in [2.24, 2.45) is 5.16 Å². The average molecular weight is 331 g/mol. The number of hydrogen-bond acceptors (Lipinski definition) is 3. The SMILES string of the molecule is CON=C(C(=O)NCc1ccc(Cl)cc1)c1ccc(C)cc1C. The molecule has 0 radical (unpaired) electrons. The van der Waals surface area contributed by atoms with Crippen LogP contribution in [0.3, 0.4) is 0 Å². The molecule has 23 heavy (non-hydrogen) atoms. The van der Waals surface area contributed by atoms with Crippen LogP contribution in [-0.4, -0.2) is 18.7 Å². The number of halogens is 1. The number of carbonyl (C=O) groups is 1. The van der Waals surface area contributed by atoms with E-state index < -0.39 is 0 Å². The lowest BCUT2D eigenvalue weighted by Crippen LogP contribution is -2.32. The summed E-state index contributed by atoms with van der Waals surface area (Å²) in [5, 5.41) is 7.41. The first-order valence-corrected chi connectivity index (χ1v) is 7.60. The number of hydrogen-bond donors (Lipinski definition) is 1. The van der Waals surface area contributed by atoms with Gasteiger partial charge in [-0.25, -0.2) is 0 Å². The molecule has 4 nitrogen and oxygen atoms in total. The summed E-state index contributed by atoms with van der Waals surface area (Å²) in [4.78, 5) is 17.3. The monoisotopic (exact) mass is 330 g/mol. The van der Waals surface area contributed by atoms with Crippen molar-refractivity contribution in [1.29, 1.82) is 0 Å². The zero-order valence-corrected chi connectivity index (χ0v) is 14.1. The first kappa shape index (κ1) is 17.0. The quantitative estimate of drug-likeness (QED) is 0.672. The third kappa shape index (κ3) is 4.57. The first-order valence-electron chi connectivity index (χ1n) is 7.22. The Morgan fingerprint density at radius 3 is 2.48 bits per heavy atom. The maximum Gasteiger partial charge on any atom is 0.274 e. The number of carbonyl (C=O) groups excluding carboxylic acids is 1. The summed E-state index contributed by atoms with van der Waals surface area (Å²) in [6.07, 6.45) is 0. The topological polar surface area (TPSA) is 50.7 Å². The van der Waals surface area contributed by atoms with E-state index in [1.807, 2.05) is 44.2 Å². The van der Waals surface area contributed by atoms with Crippen molar-refractivity contribution >= 4 is 23.2 Å². The fourth-order valence-electron chi connectivity index (χ4n) is 2.25. The van der Waals surface area contributed by atoms with E-state index >= 15 is 0 Å². The molecule has 2 rings (SSSR count). The second-order valence-corrected chi connectivity index (χ2v) is 5.69. The Morgan fingerprint density at radius 1 is 1.17 bits per heavy atom. The lowest BCUT2D eigenvalue weighted by atomic mass is 10.0. The molecule has 120 valence electrons. The second-order valence-electron chi connectivity index (χ2n) is 5.25. The predicted molar refractivity (Wildman–Crippen MR) is 92.8 cm³/mol. The third-order valence-electron chi connectivity index (χ3n) is 3.40. The van der Waals surface area contributed by atoms with Gasteiger partial charge >= 0.3 is 0 Å². The van der Waals surface area contributed by atoms with E-state index in [9.17, 15) is 4.79 Å². The Balaban J connectivity index is 2.15. The van der Waals surface area contributed by atoms with Crippen molar-refractivity contribution in [3.8, 4) is 0 Å². The van der Waals surface area contributed by atoms with Gasteiger partial charge in [0.15, 0.2) is 5.71 Å². The van der Waals surface area contributed by atoms with Crippen LogP contribution in [0, 0.1) is 13.8 Å². The van der Waals surface area contributed by atoms with Gasteiger partial charge in [-0.05, 0) is 37.1 Å². The minimum Gasteiger partial charge on any atom is -0.398 e.